The summed E-state index contributed by atoms with van der Waals surface area (Å²) in [5.74, 6) is 1.17. The van der Waals surface area contributed by atoms with Crippen LogP contribution in [0.2, 0.25) is 0 Å². The van der Waals surface area contributed by atoms with Gasteiger partial charge in [0, 0.05) is 18.7 Å². The van der Waals surface area contributed by atoms with E-state index in [1.54, 1.807) is 19.1 Å². The number of carbonyl (C=O) groups is 2. The molecule has 1 N–H and O–H groups in total. The fourth-order valence-electron chi connectivity index (χ4n) is 3.81. The van der Waals surface area contributed by atoms with Crippen LogP contribution in [0.4, 0.5) is 11.4 Å². The molecular weight excluding hydrogens is 474 g/mol. The topological polar surface area (TPSA) is 80.2 Å². The van der Waals surface area contributed by atoms with Crippen LogP contribution in [0, 0.1) is 6.92 Å². The zero-order valence-electron chi connectivity index (χ0n) is 20.6. The maximum atomic E-state index is 13.3. The Morgan fingerprint density at radius 1 is 1.03 bits per heavy atom. The molecule has 7 nitrogen and oxygen atoms in total. The summed E-state index contributed by atoms with van der Waals surface area (Å²) in [4.78, 5) is 32.7. The molecule has 1 aliphatic heterocycles. The van der Waals surface area contributed by atoms with Crippen molar-refractivity contribution in [2.75, 3.05) is 26.1 Å². The average molecular weight is 504 g/mol. The molecule has 1 heterocycles. The van der Waals surface area contributed by atoms with E-state index in [1.807, 2.05) is 79.7 Å². The summed E-state index contributed by atoms with van der Waals surface area (Å²) in [5, 5.41) is 2.87. The number of benzene rings is 3. The number of rotatable bonds is 8. The van der Waals surface area contributed by atoms with Crippen LogP contribution in [0.25, 0.3) is 0 Å². The van der Waals surface area contributed by atoms with Crippen molar-refractivity contribution in [1.29, 1.82) is 0 Å². The van der Waals surface area contributed by atoms with E-state index in [1.165, 1.54) is 11.8 Å². The van der Waals surface area contributed by atoms with Gasteiger partial charge in [0.1, 0.15) is 16.7 Å². The fraction of sp³-hybridized carbons (Fsp3) is 0.250. The number of hydrogen-bond acceptors (Lipinski definition) is 6. The normalized spacial score (nSPS) is 16.6. The Bertz CT molecular complexity index is 1240. The van der Waals surface area contributed by atoms with Gasteiger partial charge < -0.3 is 14.8 Å². The Labute approximate surface area is 215 Å². The Morgan fingerprint density at radius 2 is 1.69 bits per heavy atom. The van der Waals surface area contributed by atoms with Crippen LogP contribution in [0.5, 0.6) is 11.5 Å². The molecule has 36 heavy (non-hydrogen) atoms. The standard InChI is InChI=1S/C28H29N3O4S/c1-19-5-4-6-22(17-19)29-27(33)25-18-26(32)31(16-15-20-7-11-23(34-2)12-8-20)28(36-25)30-21-9-13-24(35-3)14-10-21/h4-14,17,25H,15-16,18H2,1-3H3,(H,29,33). The summed E-state index contributed by atoms with van der Waals surface area (Å²) < 4.78 is 10.5. The van der Waals surface area contributed by atoms with E-state index in [2.05, 4.69) is 5.32 Å². The molecule has 1 saturated heterocycles. The first kappa shape index (κ1) is 25.3. The summed E-state index contributed by atoms with van der Waals surface area (Å²) >= 11 is 1.31. The lowest BCUT2D eigenvalue weighted by molar-refractivity contribution is -0.129. The highest BCUT2D eigenvalue weighted by Crippen LogP contribution is 2.31. The lowest BCUT2D eigenvalue weighted by atomic mass is 10.1. The van der Waals surface area contributed by atoms with Crippen LogP contribution >= 0.6 is 11.8 Å². The van der Waals surface area contributed by atoms with Crippen molar-refractivity contribution < 1.29 is 19.1 Å². The third kappa shape index (κ3) is 6.46. The minimum absolute atomic E-state index is 0.104. The SMILES string of the molecule is COc1ccc(CCN2C(=O)CC(C(=O)Nc3cccc(C)c3)SC2=Nc2ccc(OC)cc2)cc1. The van der Waals surface area contributed by atoms with E-state index < -0.39 is 5.25 Å². The molecule has 3 aromatic carbocycles. The maximum absolute atomic E-state index is 13.3. The molecule has 0 radical (unpaired) electrons. The summed E-state index contributed by atoms with van der Waals surface area (Å²) in [6, 6.07) is 22.7. The summed E-state index contributed by atoms with van der Waals surface area (Å²) in [6.07, 6.45) is 0.755. The number of nitrogens with zero attached hydrogens (tertiary/aromatic N) is 2. The molecule has 1 aliphatic rings. The van der Waals surface area contributed by atoms with E-state index >= 15 is 0 Å². The molecule has 0 saturated carbocycles. The number of methoxy groups -OCH3 is 2. The van der Waals surface area contributed by atoms with Gasteiger partial charge in [0.25, 0.3) is 0 Å². The Balaban J connectivity index is 1.54. The van der Waals surface area contributed by atoms with Gasteiger partial charge in [-0.2, -0.15) is 0 Å². The summed E-state index contributed by atoms with van der Waals surface area (Å²) in [5.41, 5.74) is 3.52. The van der Waals surface area contributed by atoms with Crippen LogP contribution in [0.3, 0.4) is 0 Å². The van der Waals surface area contributed by atoms with Gasteiger partial charge in [0.05, 0.1) is 19.9 Å². The second kappa shape index (κ2) is 11.8. The second-order valence-corrected chi connectivity index (χ2v) is 9.58. The van der Waals surface area contributed by atoms with E-state index in [9.17, 15) is 9.59 Å². The highest BCUT2D eigenvalue weighted by molar-refractivity contribution is 8.15. The Kier molecular flexibility index (Phi) is 8.28. The van der Waals surface area contributed by atoms with Crippen molar-refractivity contribution in [1.82, 2.24) is 4.90 Å². The number of aryl methyl sites for hydroxylation is 1. The fourth-order valence-corrected chi connectivity index (χ4v) is 4.93. The van der Waals surface area contributed by atoms with Crippen LogP contribution < -0.4 is 14.8 Å². The summed E-state index contributed by atoms with van der Waals surface area (Å²) in [6.45, 7) is 2.42. The number of thioether (sulfide) groups is 1. The quantitative estimate of drug-likeness (QED) is 0.456. The van der Waals surface area contributed by atoms with E-state index in [0.29, 0.717) is 29.5 Å². The van der Waals surface area contributed by atoms with E-state index in [4.69, 9.17) is 14.5 Å². The molecule has 2 amide bonds. The molecule has 0 spiro atoms. The first-order valence-corrected chi connectivity index (χ1v) is 12.5. The Hall–Kier alpha value is -3.78. The number of carbonyl (C=O) groups excluding carboxylic acids is 2. The first-order valence-electron chi connectivity index (χ1n) is 11.7. The van der Waals surface area contributed by atoms with Crippen molar-refractivity contribution in [3.8, 4) is 11.5 Å². The van der Waals surface area contributed by atoms with Gasteiger partial charge >= 0.3 is 0 Å². The van der Waals surface area contributed by atoms with Gasteiger partial charge in [-0.1, -0.05) is 36.0 Å². The lowest BCUT2D eigenvalue weighted by Crippen LogP contribution is -2.46. The number of nitrogens with one attached hydrogen (secondary N) is 1. The van der Waals surface area contributed by atoms with Crippen molar-refractivity contribution in [3.63, 3.8) is 0 Å². The van der Waals surface area contributed by atoms with E-state index in [0.717, 1.165) is 22.6 Å². The molecule has 0 aromatic heterocycles. The number of amidine groups is 1. The van der Waals surface area contributed by atoms with Crippen molar-refractivity contribution in [2.45, 2.75) is 25.0 Å². The van der Waals surface area contributed by atoms with Crippen LogP contribution in [0.1, 0.15) is 17.5 Å². The van der Waals surface area contributed by atoms with Crippen LogP contribution in [0.15, 0.2) is 77.8 Å². The lowest BCUT2D eigenvalue weighted by Gasteiger charge is -2.32. The number of anilines is 1. The van der Waals surface area contributed by atoms with Crippen molar-refractivity contribution >= 4 is 40.1 Å². The number of ether oxygens (including phenoxy) is 2. The van der Waals surface area contributed by atoms with Gasteiger partial charge in [-0.05, 0) is 73.0 Å². The minimum Gasteiger partial charge on any atom is -0.497 e. The monoisotopic (exact) mass is 503 g/mol. The molecule has 3 aromatic rings. The molecule has 8 heteroatoms. The number of hydrogen-bond donors (Lipinski definition) is 1. The minimum atomic E-state index is -0.577. The molecule has 1 unspecified atom stereocenters. The van der Waals surface area contributed by atoms with Gasteiger partial charge in [0.15, 0.2) is 5.17 Å². The van der Waals surface area contributed by atoms with Gasteiger partial charge in [-0.3, -0.25) is 14.5 Å². The van der Waals surface area contributed by atoms with Crippen LogP contribution in [-0.2, 0) is 16.0 Å². The van der Waals surface area contributed by atoms with E-state index in [-0.39, 0.29) is 18.2 Å². The van der Waals surface area contributed by atoms with Gasteiger partial charge in [-0.15, -0.1) is 0 Å². The van der Waals surface area contributed by atoms with Crippen molar-refractivity contribution in [2.24, 2.45) is 4.99 Å². The molecule has 0 aliphatic carbocycles. The van der Waals surface area contributed by atoms with Crippen LogP contribution in [-0.4, -0.2) is 47.9 Å². The molecule has 1 atom stereocenters. The number of amides is 2. The highest BCUT2D eigenvalue weighted by Gasteiger charge is 2.35. The predicted molar refractivity (Wildman–Crippen MR) is 144 cm³/mol. The average Bonchev–Trinajstić information content (AvgIpc) is 2.89. The van der Waals surface area contributed by atoms with Crippen molar-refractivity contribution in [3.05, 3.63) is 83.9 Å². The second-order valence-electron chi connectivity index (χ2n) is 8.41. The maximum Gasteiger partial charge on any atom is 0.238 e. The first-order chi connectivity index (χ1) is 17.4. The van der Waals surface area contributed by atoms with Gasteiger partial charge in [0.2, 0.25) is 11.8 Å². The zero-order valence-corrected chi connectivity index (χ0v) is 21.4. The molecule has 186 valence electrons. The molecule has 0 bridgehead atoms. The third-order valence-corrected chi connectivity index (χ3v) is 6.99. The van der Waals surface area contributed by atoms with Gasteiger partial charge in [-0.25, -0.2) is 4.99 Å². The zero-order chi connectivity index (χ0) is 25.5. The highest BCUT2D eigenvalue weighted by atomic mass is 32.2. The third-order valence-electron chi connectivity index (χ3n) is 5.80. The summed E-state index contributed by atoms with van der Waals surface area (Å²) in [7, 11) is 3.24. The largest absolute Gasteiger partial charge is 0.497 e. The smallest absolute Gasteiger partial charge is 0.238 e. The molecule has 4 rings (SSSR count). The molecule has 1 fully saturated rings. The Morgan fingerprint density at radius 3 is 2.33 bits per heavy atom. The molecular formula is C28H29N3O4S. The number of aliphatic imine (C=N–C) groups is 1. The predicted octanol–water partition coefficient (Wildman–Crippen LogP) is 5.22.